The first-order valence-corrected chi connectivity index (χ1v) is 7.18. The van der Waals surface area contributed by atoms with Gasteiger partial charge in [-0.25, -0.2) is 4.98 Å². The monoisotopic (exact) mass is 255 g/mol. The third-order valence-corrected chi connectivity index (χ3v) is 4.20. The second-order valence-electron chi connectivity index (χ2n) is 5.52. The van der Waals surface area contributed by atoms with Gasteiger partial charge in [0.05, 0.1) is 18.2 Å². The molecule has 3 nitrogen and oxygen atoms in total. The number of nitrogens with zero attached hydrogens (tertiary/aromatic N) is 1. The molecule has 1 aromatic heterocycles. The number of rotatable bonds is 4. The van der Waals surface area contributed by atoms with Gasteiger partial charge in [0.2, 0.25) is 0 Å². The fourth-order valence-corrected chi connectivity index (χ4v) is 3.00. The van der Waals surface area contributed by atoms with E-state index < -0.39 is 0 Å². The van der Waals surface area contributed by atoms with E-state index in [0.717, 1.165) is 11.6 Å². The average Bonchev–Trinajstić information content (AvgIpc) is 3.13. The Labute approximate surface area is 114 Å². The van der Waals surface area contributed by atoms with Gasteiger partial charge < -0.3 is 10.3 Å². The van der Waals surface area contributed by atoms with Gasteiger partial charge >= 0.3 is 0 Å². The number of hydrogen-bond acceptors (Lipinski definition) is 2. The largest absolute Gasteiger partial charge is 0.382 e. The predicted molar refractivity (Wildman–Crippen MR) is 79.1 cm³/mol. The van der Waals surface area contributed by atoms with Crippen molar-refractivity contribution in [2.75, 3.05) is 5.32 Å². The van der Waals surface area contributed by atoms with Crippen molar-refractivity contribution in [2.24, 2.45) is 5.92 Å². The van der Waals surface area contributed by atoms with Crippen LogP contribution in [-0.2, 0) is 0 Å². The molecule has 0 spiro atoms. The van der Waals surface area contributed by atoms with E-state index in [1.807, 2.05) is 6.20 Å². The van der Waals surface area contributed by atoms with Crippen molar-refractivity contribution in [1.82, 2.24) is 9.97 Å². The Bertz CT molecular complexity index is 495. The van der Waals surface area contributed by atoms with Gasteiger partial charge in [-0.15, -0.1) is 0 Å². The summed E-state index contributed by atoms with van der Waals surface area (Å²) in [5.41, 5.74) is 3.45. The number of hydrogen-bond donors (Lipinski definition) is 2. The highest BCUT2D eigenvalue weighted by atomic mass is 14.9. The summed E-state index contributed by atoms with van der Waals surface area (Å²) in [5.74, 6) is 0.840. The maximum absolute atomic E-state index is 4.05. The van der Waals surface area contributed by atoms with Crippen LogP contribution in [0.25, 0.3) is 11.3 Å². The molecule has 1 aliphatic rings. The summed E-state index contributed by atoms with van der Waals surface area (Å²) in [4.78, 5) is 7.18. The molecular formula is C16H21N3. The maximum Gasteiger partial charge on any atom is 0.0924 e. The number of H-pyrrole nitrogens is 1. The Balaban J connectivity index is 1.65. The number of aromatic nitrogens is 2. The molecule has 1 saturated carbocycles. The van der Waals surface area contributed by atoms with Gasteiger partial charge in [0, 0.05) is 11.7 Å². The summed E-state index contributed by atoms with van der Waals surface area (Å²) in [6.45, 7) is 2.30. The van der Waals surface area contributed by atoms with Crippen molar-refractivity contribution in [1.29, 1.82) is 0 Å². The van der Waals surface area contributed by atoms with Gasteiger partial charge in [-0.05, 0) is 43.4 Å². The summed E-state index contributed by atoms with van der Waals surface area (Å²) < 4.78 is 0. The molecule has 1 unspecified atom stereocenters. The van der Waals surface area contributed by atoms with Crippen LogP contribution in [0.5, 0.6) is 0 Å². The molecule has 1 heterocycles. The minimum atomic E-state index is 0.570. The van der Waals surface area contributed by atoms with Crippen LogP contribution in [-0.4, -0.2) is 16.0 Å². The molecule has 1 atom stereocenters. The highest BCUT2D eigenvalue weighted by molar-refractivity contribution is 5.62. The molecule has 0 aliphatic heterocycles. The van der Waals surface area contributed by atoms with Crippen LogP contribution in [0.2, 0.25) is 0 Å². The number of aromatic amines is 1. The first-order chi connectivity index (χ1) is 9.33. The standard InChI is InChI=1S/C16H21N3/c1-12(13-4-2-3-5-13)19-15-8-6-14(7-9-15)16-10-17-11-18-16/h6-13,19H,2-5H2,1H3,(H,17,18). The van der Waals surface area contributed by atoms with E-state index >= 15 is 0 Å². The average molecular weight is 255 g/mol. The normalized spacial score (nSPS) is 17.5. The number of nitrogens with one attached hydrogen (secondary N) is 2. The van der Waals surface area contributed by atoms with Gasteiger partial charge in [0.25, 0.3) is 0 Å². The number of anilines is 1. The van der Waals surface area contributed by atoms with E-state index in [9.17, 15) is 0 Å². The van der Waals surface area contributed by atoms with Crippen LogP contribution < -0.4 is 5.32 Å². The van der Waals surface area contributed by atoms with E-state index in [-0.39, 0.29) is 0 Å². The summed E-state index contributed by atoms with van der Waals surface area (Å²) in [6, 6.07) is 9.15. The van der Waals surface area contributed by atoms with Crippen molar-refractivity contribution in [3.63, 3.8) is 0 Å². The van der Waals surface area contributed by atoms with Crippen LogP contribution in [0.4, 0.5) is 5.69 Å². The third kappa shape index (κ3) is 2.80. The van der Waals surface area contributed by atoms with Crippen molar-refractivity contribution in [2.45, 2.75) is 38.6 Å². The number of imidazole rings is 1. The fraction of sp³-hybridized carbons (Fsp3) is 0.438. The molecule has 0 bridgehead atoms. The van der Waals surface area contributed by atoms with E-state index in [2.05, 4.69) is 46.5 Å². The summed E-state index contributed by atoms with van der Waals surface area (Å²) in [7, 11) is 0. The number of benzene rings is 1. The van der Waals surface area contributed by atoms with E-state index in [4.69, 9.17) is 0 Å². The zero-order valence-electron chi connectivity index (χ0n) is 11.4. The van der Waals surface area contributed by atoms with Gasteiger partial charge in [0.1, 0.15) is 0 Å². The lowest BCUT2D eigenvalue weighted by Crippen LogP contribution is -2.23. The van der Waals surface area contributed by atoms with E-state index in [0.29, 0.717) is 6.04 Å². The molecule has 19 heavy (non-hydrogen) atoms. The zero-order valence-corrected chi connectivity index (χ0v) is 11.4. The van der Waals surface area contributed by atoms with Gasteiger partial charge in [0.15, 0.2) is 0 Å². The van der Waals surface area contributed by atoms with Crippen LogP contribution in [0, 0.1) is 5.92 Å². The van der Waals surface area contributed by atoms with Gasteiger partial charge in [-0.3, -0.25) is 0 Å². The molecule has 2 N–H and O–H groups in total. The lowest BCUT2D eigenvalue weighted by Gasteiger charge is -2.21. The summed E-state index contributed by atoms with van der Waals surface area (Å²) in [5, 5.41) is 3.63. The van der Waals surface area contributed by atoms with Crippen LogP contribution in [0.15, 0.2) is 36.8 Å². The Morgan fingerprint density at radius 1 is 1.21 bits per heavy atom. The minimum Gasteiger partial charge on any atom is -0.382 e. The SMILES string of the molecule is CC(Nc1ccc(-c2cnc[nH]2)cc1)C1CCCC1. The lowest BCUT2D eigenvalue weighted by atomic mass is 9.99. The fourth-order valence-electron chi connectivity index (χ4n) is 3.00. The lowest BCUT2D eigenvalue weighted by molar-refractivity contribution is 0.482. The van der Waals surface area contributed by atoms with Crippen molar-refractivity contribution < 1.29 is 0 Å². The van der Waals surface area contributed by atoms with Crippen molar-refractivity contribution in [3.05, 3.63) is 36.8 Å². The second kappa shape index (κ2) is 5.47. The topological polar surface area (TPSA) is 40.7 Å². The molecule has 100 valence electrons. The molecule has 3 heteroatoms. The molecule has 1 fully saturated rings. The molecule has 1 aliphatic carbocycles. The third-order valence-electron chi connectivity index (χ3n) is 4.20. The molecule has 0 radical (unpaired) electrons. The maximum atomic E-state index is 4.05. The van der Waals surface area contributed by atoms with Crippen LogP contribution in [0.1, 0.15) is 32.6 Å². The Hall–Kier alpha value is -1.77. The van der Waals surface area contributed by atoms with E-state index in [1.165, 1.54) is 36.9 Å². The molecule has 2 aromatic rings. The Morgan fingerprint density at radius 2 is 1.95 bits per heavy atom. The minimum absolute atomic E-state index is 0.570. The molecule has 1 aromatic carbocycles. The Kier molecular flexibility index (Phi) is 3.53. The van der Waals surface area contributed by atoms with Crippen molar-refractivity contribution in [3.8, 4) is 11.3 Å². The molecule has 3 rings (SSSR count). The predicted octanol–water partition coefficient (Wildman–Crippen LogP) is 4.07. The molecule has 0 amide bonds. The molecule has 0 saturated heterocycles. The second-order valence-corrected chi connectivity index (χ2v) is 5.52. The van der Waals surface area contributed by atoms with Crippen LogP contribution >= 0.6 is 0 Å². The highest BCUT2D eigenvalue weighted by Gasteiger charge is 2.21. The van der Waals surface area contributed by atoms with Gasteiger partial charge in [-0.1, -0.05) is 25.0 Å². The Morgan fingerprint density at radius 3 is 2.58 bits per heavy atom. The first kappa shape index (κ1) is 12.3. The van der Waals surface area contributed by atoms with Gasteiger partial charge in [-0.2, -0.15) is 0 Å². The first-order valence-electron chi connectivity index (χ1n) is 7.18. The molecular weight excluding hydrogens is 234 g/mol. The zero-order chi connectivity index (χ0) is 13.1. The quantitative estimate of drug-likeness (QED) is 0.864. The smallest absolute Gasteiger partial charge is 0.0924 e. The van der Waals surface area contributed by atoms with Crippen molar-refractivity contribution >= 4 is 5.69 Å². The van der Waals surface area contributed by atoms with Crippen LogP contribution in [0.3, 0.4) is 0 Å². The van der Waals surface area contributed by atoms with E-state index in [1.54, 1.807) is 6.33 Å². The summed E-state index contributed by atoms with van der Waals surface area (Å²) >= 11 is 0. The highest BCUT2D eigenvalue weighted by Crippen LogP contribution is 2.29. The summed E-state index contributed by atoms with van der Waals surface area (Å²) in [6.07, 6.45) is 9.11.